The lowest BCUT2D eigenvalue weighted by Crippen LogP contribution is -2.02. The van der Waals surface area contributed by atoms with Crippen molar-refractivity contribution in [1.29, 1.82) is 0 Å². The molecule has 1 aromatic heterocycles. The Morgan fingerprint density at radius 2 is 2.05 bits per heavy atom. The molecule has 4 nitrogen and oxygen atoms in total. The van der Waals surface area contributed by atoms with Gasteiger partial charge in [0.25, 0.3) is 0 Å². The molecular weight excluding hydrogens is 240 g/mol. The van der Waals surface area contributed by atoms with E-state index in [-0.39, 0.29) is 5.97 Å². The van der Waals surface area contributed by atoms with E-state index in [9.17, 15) is 4.79 Å². The molecule has 1 heterocycles. The van der Waals surface area contributed by atoms with Gasteiger partial charge in [0.2, 0.25) is 0 Å². The lowest BCUT2D eigenvalue weighted by Gasteiger charge is -2.02. The largest absolute Gasteiger partial charge is 0.465 e. The van der Waals surface area contributed by atoms with Crippen LogP contribution in [0.4, 0.5) is 0 Å². The first-order valence-electron chi connectivity index (χ1n) is 6.78. The molecule has 19 heavy (non-hydrogen) atoms. The summed E-state index contributed by atoms with van der Waals surface area (Å²) in [6.45, 7) is 6.00. The number of carbonyl (C=O) groups excluding carboxylic acids is 1. The Bertz CT molecular complexity index is 597. The third kappa shape index (κ3) is 2.48. The first kappa shape index (κ1) is 13.6. The van der Waals surface area contributed by atoms with Crippen LogP contribution in [0.3, 0.4) is 0 Å². The van der Waals surface area contributed by atoms with Crippen LogP contribution in [0.25, 0.3) is 10.9 Å². The summed E-state index contributed by atoms with van der Waals surface area (Å²) < 4.78 is 6.78. The van der Waals surface area contributed by atoms with Gasteiger partial charge in [0.05, 0.1) is 29.9 Å². The highest BCUT2D eigenvalue weighted by Crippen LogP contribution is 2.37. The van der Waals surface area contributed by atoms with E-state index >= 15 is 0 Å². The molecule has 0 bridgehead atoms. The summed E-state index contributed by atoms with van der Waals surface area (Å²) in [5, 5.41) is 5.66. The van der Waals surface area contributed by atoms with E-state index in [2.05, 4.69) is 5.10 Å². The normalized spacial score (nSPS) is 13.9. The zero-order valence-corrected chi connectivity index (χ0v) is 11.9. The topological polar surface area (TPSA) is 44.1 Å². The zero-order chi connectivity index (χ0) is 14.0. The number of rotatable bonds is 2. The molecule has 0 aliphatic heterocycles. The van der Waals surface area contributed by atoms with E-state index in [1.54, 1.807) is 6.07 Å². The van der Waals surface area contributed by atoms with Gasteiger partial charge in [-0.1, -0.05) is 19.9 Å². The monoisotopic (exact) mass is 260 g/mol. The van der Waals surface area contributed by atoms with Gasteiger partial charge in [-0.15, -0.1) is 0 Å². The van der Waals surface area contributed by atoms with E-state index in [1.165, 1.54) is 20.0 Å². The van der Waals surface area contributed by atoms with Crippen molar-refractivity contribution in [2.75, 3.05) is 7.11 Å². The molecule has 0 N–H and O–H groups in total. The van der Waals surface area contributed by atoms with Gasteiger partial charge in [0.1, 0.15) is 0 Å². The van der Waals surface area contributed by atoms with Crippen molar-refractivity contribution in [3.8, 4) is 0 Å². The van der Waals surface area contributed by atoms with Gasteiger partial charge in [-0.3, -0.25) is 4.68 Å². The second-order valence-corrected chi connectivity index (χ2v) is 4.48. The quantitative estimate of drug-likeness (QED) is 0.776. The average molecular weight is 260 g/mol. The van der Waals surface area contributed by atoms with Crippen molar-refractivity contribution in [2.24, 2.45) is 0 Å². The van der Waals surface area contributed by atoms with Crippen molar-refractivity contribution in [1.82, 2.24) is 9.78 Å². The van der Waals surface area contributed by atoms with E-state index in [4.69, 9.17) is 4.74 Å². The molecule has 2 aromatic rings. The SMILES string of the molecule is CC.COC(=O)c1ccc2c(C)nn(C3CC3)c2c1. The predicted octanol–water partition coefficient (Wildman–Crippen LogP) is 3.49. The maximum absolute atomic E-state index is 11.5. The Morgan fingerprint density at radius 1 is 1.37 bits per heavy atom. The number of aromatic nitrogens is 2. The Hall–Kier alpha value is -1.84. The number of fused-ring (bicyclic) bond motifs is 1. The summed E-state index contributed by atoms with van der Waals surface area (Å²) in [6, 6.07) is 6.13. The molecule has 1 aromatic carbocycles. The molecule has 1 aliphatic carbocycles. The second kappa shape index (κ2) is 5.43. The number of ether oxygens (including phenoxy) is 1. The van der Waals surface area contributed by atoms with Crippen LogP contribution >= 0.6 is 0 Å². The molecule has 0 amide bonds. The molecule has 102 valence electrons. The van der Waals surface area contributed by atoms with Gasteiger partial charge in [0, 0.05) is 5.39 Å². The molecule has 0 radical (unpaired) electrons. The molecule has 0 spiro atoms. The Kier molecular flexibility index (Phi) is 3.88. The van der Waals surface area contributed by atoms with Gasteiger partial charge in [-0.25, -0.2) is 4.79 Å². The molecule has 4 heteroatoms. The minimum Gasteiger partial charge on any atom is -0.465 e. The van der Waals surface area contributed by atoms with Gasteiger partial charge in [-0.05, 0) is 31.9 Å². The highest BCUT2D eigenvalue weighted by atomic mass is 16.5. The van der Waals surface area contributed by atoms with Crippen molar-refractivity contribution < 1.29 is 9.53 Å². The zero-order valence-electron chi connectivity index (χ0n) is 11.9. The molecule has 1 fully saturated rings. The third-order valence-electron chi connectivity index (χ3n) is 3.21. The molecule has 0 saturated heterocycles. The molecule has 1 saturated carbocycles. The number of hydrogen-bond donors (Lipinski definition) is 0. The van der Waals surface area contributed by atoms with Crippen molar-refractivity contribution in [3.63, 3.8) is 0 Å². The maximum atomic E-state index is 11.5. The number of esters is 1. The average Bonchev–Trinajstić information content (AvgIpc) is 3.25. The van der Waals surface area contributed by atoms with Crippen LogP contribution < -0.4 is 0 Å². The summed E-state index contributed by atoms with van der Waals surface area (Å²) >= 11 is 0. The van der Waals surface area contributed by atoms with E-state index < -0.39 is 0 Å². The minimum atomic E-state index is -0.298. The van der Waals surface area contributed by atoms with Crippen LogP contribution in [0.1, 0.15) is 48.8 Å². The molecule has 0 atom stereocenters. The fourth-order valence-electron chi connectivity index (χ4n) is 2.14. The second-order valence-electron chi connectivity index (χ2n) is 4.48. The summed E-state index contributed by atoms with van der Waals surface area (Å²) in [5.41, 5.74) is 2.64. The smallest absolute Gasteiger partial charge is 0.337 e. The van der Waals surface area contributed by atoms with Gasteiger partial charge in [0.15, 0.2) is 0 Å². The Morgan fingerprint density at radius 3 is 2.63 bits per heavy atom. The number of carbonyl (C=O) groups is 1. The predicted molar refractivity (Wildman–Crippen MR) is 75.4 cm³/mol. The molecule has 1 aliphatic rings. The van der Waals surface area contributed by atoms with Crippen LogP contribution in [0, 0.1) is 6.92 Å². The Labute approximate surface area is 113 Å². The third-order valence-corrected chi connectivity index (χ3v) is 3.21. The number of benzene rings is 1. The summed E-state index contributed by atoms with van der Waals surface area (Å²) in [7, 11) is 1.40. The highest BCUT2D eigenvalue weighted by Gasteiger charge is 2.27. The standard InChI is InChI=1S/C13H14N2O2.C2H6/c1-8-11-6-3-9(13(16)17-2)7-12(11)15(14-8)10-4-5-10;1-2/h3,6-7,10H,4-5H2,1-2H3;1-2H3. The lowest BCUT2D eigenvalue weighted by atomic mass is 10.1. The van der Waals surface area contributed by atoms with E-state index in [0.29, 0.717) is 11.6 Å². The summed E-state index contributed by atoms with van der Waals surface area (Å²) in [6.07, 6.45) is 2.36. The lowest BCUT2D eigenvalue weighted by molar-refractivity contribution is 0.0601. The molecule has 0 unspecified atom stereocenters. The minimum absolute atomic E-state index is 0.298. The van der Waals surface area contributed by atoms with Crippen LogP contribution in [0.15, 0.2) is 18.2 Å². The van der Waals surface area contributed by atoms with Crippen LogP contribution in [-0.2, 0) is 4.74 Å². The van der Waals surface area contributed by atoms with Crippen molar-refractivity contribution >= 4 is 16.9 Å². The number of aryl methyl sites for hydroxylation is 1. The number of nitrogens with zero attached hydrogens (tertiary/aromatic N) is 2. The summed E-state index contributed by atoms with van der Waals surface area (Å²) in [5.74, 6) is -0.298. The first-order chi connectivity index (χ1) is 9.20. The fourth-order valence-corrected chi connectivity index (χ4v) is 2.14. The molecular formula is C15H20N2O2. The summed E-state index contributed by atoms with van der Waals surface area (Å²) in [4.78, 5) is 11.5. The van der Waals surface area contributed by atoms with E-state index in [0.717, 1.165) is 16.6 Å². The van der Waals surface area contributed by atoms with E-state index in [1.807, 2.05) is 37.6 Å². The van der Waals surface area contributed by atoms with Crippen LogP contribution in [-0.4, -0.2) is 22.9 Å². The van der Waals surface area contributed by atoms with Gasteiger partial charge >= 0.3 is 5.97 Å². The van der Waals surface area contributed by atoms with Gasteiger partial charge in [-0.2, -0.15) is 5.10 Å². The van der Waals surface area contributed by atoms with Crippen LogP contribution in [0.2, 0.25) is 0 Å². The highest BCUT2D eigenvalue weighted by molar-refractivity contribution is 5.95. The first-order valence-corrected chi connectivity index (χ1v) is 6.78. The fraction of sp³-hybridized carbons (Fsp3) is 0.467. The number of methoxy groups -OCH3 is 1. The maximum Gasteiger partial charge on any atom is 0.337 e. The van der Waals surface area contributed by atoms with Crippen molar-refractivity contribution in [3.05, 3.63) is 29.5 Å². The number of hydrogen-bond acceptors (Lipinski definition) is 3. The Balaban J connectivity index is 0.000000637. The van der Waals surface area contributed by atoms with Crippen LogP contribution in [0.5, 0.6) is 0 Å². The molecule has 3 rings (SSSR count). The van der Waals surface area contributed by atoms with Crippen molar-refractivity contribution in [2.45, 2.75) is 39.7 Å². The van der Waals surface area contributed by atoms with Gasteiger partial charge < -0.3 is 4.74 Å².